The lowest BCUT2D eigenvalue weighted by molar-refractivity contribution is -0.132. The molecule has 0 amide bonds. The van der Waals surface area contributed by atoms with Gasteiger partial charge in [0.05, 0.1) is 0 Å². The summed E-state index contributed by atoms with van der Waals surface area (Å²) in [4.78, 5) is 20.2. The van der Waals surface area contributed by atoms with Crippen LogP contribution < -0.4 is 0 Å². The van der Waals surface area contributed by atoms with Gasteiger partial charge in [0.15, 0.2) is 5.78 Å². The Morgan fingerprint density at radius 3 is 2.11 bits per heavy atom. The average molecular weight is 193 g/mol. The van der Waals surface area contributed by atoms with Crippen LogP contribution in [-0.2, 0) is 9.59 Å². The number of carboxylic acid groups (broad SMARTS) is 1. The van der Waals surface area contributed by atoms with E-state index in [0.717, 1.165) is 6.08 Å². The first-order valence-electron chi connectivity index (χ1n) is 2.15. The Kier molecular flexibility index (Phi) is 3.16. The highest BCUT2D eigenvalue weighted by Crippen LogP contribution is 2.03. The summed E-state index contributed by atoms with van der Waals surface area (Å²) in [6.45, 7) is 1.28. The Morgan fingerprint density at radius 1 is 1.56 bits per heavy atom. The maximum absolute atomic E-state index is 10.2. The number of hydrogen-bond donors (Lipinski definition) is 1. The first-order chi connectivity index (χ1) is 4.04. The summed E-state index contributed by atoms with van der Waals surface area (Å²) >= 11 is 2.68. The van der Waals surface area contributed by atoms with Gasteiger partial charge >= 0.3 is 5.97 Å². The van der Waals surface area contributed by atoms with Crippen LogP contribution in [0.5, 0.6) is 0 Å². The molecule has 0 heterocycles. The Balaban J connectivity index is 4.17. The molecule has 0 aliphatic heterocycles. The summed E-state index contributed by atoms with van der Waals surface area (Å²) < 4.78 is -0.116. The van der Waals surface area contributed by atoms with Crippen LogP contribution in [0.4, 0.5) is 0 Å². The van der Waals surface area contributed by atoms with Crippen LogP contribution in [0.1, 0.15) is 6.92 Å². The number of rotatable bonds is 2. The highest BCUT2D eigenvalue weighted by Gasteiger charge is 2.01. The third kappa shape index (κ3) is 3.90. The van der Waals surface area contributed by atoms with Crippen molar-refractivity contribution in [2.24, 2.45) is 0 Å². The summed E-state index contributed by atoms with van der Waals surface area (Å²) in [5, 5.41) is 8.16. The van der Waals surface area contributed by atoms with Gasteiger partial charge in [-0.1, -0.05) is 0 Å². The van der Waals surface area contributed by atoms with Crippen LogP contribution in [0, 0.1) is 0 Å². The second-order valence-corrected chi connectivity index (χ2v) is 2.26. The fourth-order valence-corrected chi connectivity index (χ4v) is 0.563. The summed E-state index contributed by atoms with van der Waals surface area (Å²) in [7, 11) is 0. The smallest absolute Gasteiger partial charge is 0.342 e. The number of halogens is 1. The monoisotopic (exact) mass is 192 g/mol. The van der Waals surface area contributed by atoms with E-state index >= 15 is 0 Å². The number of carboxylic acids is 1. The van der Waals surface area contributed by atoms with E-state index < -0.39 is 5.97 Å². The third-order valence-corrected chi connectivity index (χ3v) is 1.10. The van der Waals surface area contributed by atoms with Gasteiger partial charge in [0.25, 0.3) is 0 Å². The molecule has 3 nitrogen and oxygen atoms in total. The molecule has 0 radical (unpaired) electrons. The fraction of sp³-hybridized carbons (Fsp3) is 0.200. The first kappa shape index (κ1) is 8.36. The Labute approximate surface area is 60.5 Å². The van der Waals surface area contributed by atoms with Crippen molar-refractivity contribution in [3.05, 3.63) is 10.6 Å². The van der Waals surface area contributed by atoms with E-state index in [1.54, 1.807) is 0 Å². The molecule has 1 N–H and O–H groups in total. The molecular formula is C5H5BrO3. The molecule has 4 heteroatoms. The van der Waals surface area contributed by atoms with E-state index in [9.17, 15) is 9.59 Å². The molecule has 0 atom stereocenters. The molecule has 0 aliphatic rings. The van der Waals surface area contributed by atoms with Gasteiger partial charge in [-0.2, -0.15) is 0 Å². The van der Waals surface area contributed by atoms with E-state index in [1.165, 1.54) is 6.92 Å². The molecule has 0 unspecified atom stereocenters. The minimum Gasteiger partial charge on any atom is -0.477 e. The molecule has 0 aromatic carbocycles. The van der Waals surface area contributed by atoms with E-state index in [0.29, 0.717) is 0 Å². The average Bonchev–Trinajstić information content (AvgIpc) is 1.63. The number of ketones is 1. The van der Waals surface area contributed by atoms with Crippen molar-refractivity contribution >= 4 is 27.7 Å². The third-order valence-electron chi connectivity index (χ3n) is 0.534. The topological polar surface area (TPSA) is 54.4 Å². The quantitative estimate of drug-likeness (QED) is 0.663. The number of hydrogen-bond acceptors (Lipinski definition) is 2. The molecule has 50 valence electrons. The van der Waals surface area contributed by atoms with Gasteiger partial charge in [0.2, 0.25) is 0 Å². The van der Waals surface area contributed by atoms with Crippen LogP contribution in [0.3, 0.4) is 0 Å². The minimum atomic E-state index is -1.13. The zero-order valence-corrected chi connectivity index (χ0v) is 6.31. The molecule has 0 aliphatic carbocycles. The molecular weight excluding hydrogens is 188 g/mol. The molecule has 0 saturated heterocycles. The lowest BCUT2D eigenvalue weighted by Gasteiger charge is -1.84. The number of allylic oxidation sites excluding steroid dienone is 1. The second kappa shape index (κ2) is 3.40. The Morgan fingerprint density at radius 2 is 2.00 bits per heavy atom. The van der Waals surface area contributed by atoms with Gasteiger partial charge in [-0.25, -0.2) is 4.79 Å². The van der Waals surface area contributed by atoms with Gasteiger partial charge in [-0.05, 0) is 22.9 Å². The van der Waals surface area contributed by atoms with Crippen LogP contribution in [0.15, 0.2) is 10.6 Å². The molecule has 0 spiro atoms. The standard InChI is InChI=1S/C5H5BrO3/c1-3(7)2-4(6)5(8)9/h2H,1H3,(H,8,9). The van der Waals surface area contributed by atoms with Gasteiger partial charge in [-0.3, -0.25) is 4.79 Å². The van der Waals surface area contributed by atoms with Gasteiger partial charge < -0.3 is 5.11 Å². The number of carbonyl (C=O) groups is 2. The van der Waals surface area contributed by atoms with Crippen molar-refractivity contribution in [2.45, 2.75) is 6.92 Å². The van der Waals surface area contributed by atoms with Crippen molar-refractivity contribution in [1.29, 1.82) is 0 Å². The largest absolute Gasteiger partial charge is 0.477 e. The SMILES string of the molecule is CC(=O)C=C(Br)C(=O)O. The van der Waals surface area contributed by atoms with Crippen molar-refractivity contribution in [3.8, 4) is 0 Å². The first-order valence-corrected chi connectivity index (χ1v) is 2.94. The zero-order valence-electron chi connectivity index (χ0n) is 4.72. The lowest BCUT2D eigenvalue weighted by Crippen LogP contribution is -1.95. The van der Waals surface area contributed by atoms with Crippen molar-refractivity contribution < 1.29 is 14.7 Å². The highest BCUT2D eigenvalue weighted by atomic mass is 79.9. The van der Waals surface area contributed by atoms with Gasteiger partial charge in [0, 0.05) is 6.08 Å². The predicted octanol–water partition coefficient (Wildman–Crippen LogP) is 0.939. The van der Waals surface area contributed by atoms with E-state index in [1.807, 2.05) is 0 Å². The zero-order chi connectivity index (χ0) is 7.44. The van der Waals surface area contributed by atoms with Crippen molar-refractivity contribution in [3.63, 3.8) is 0 Å². The lowest BCUT2D eigenvalue weighted by atomic mass is 10.4. The maximum Gasteiger partial charge on any atom is 0.342 e. The molecule has 9 heavy (non-hydrogen) atoms. The van der Waals surface area contributed by atoms with Crippen LogP contribution in [0.2, 0.25) is 0 Å². The molecule has 0 aromatic heterocycles. The summed E-state index contributed by atoms with van der Waals surface area (Å²) in [6, 6.07) is 0. The Bertz CT molecular complexity index is 171. The molecule has 0 bridgehead atoms. The molecule has 0 saturated carbocycles. The second-order valence-electron chi connectivity index (χ2n) is 1.41. The maximum atomic E-state index is 10.2. The van der Waals surface area contributed by atoms with E-state index in [4.69, 9.17) is 5.11 Å². The summed E-state index contributed by atoms with van der Waals surface area (Å²) in [5.41, 5.74) is 0. The minimum absolute atomic E-state index is 0.116. The van der Waals surface area contributed by atoms with Crippen molar-refractivity contribution in [1.82, 2.24) is 0 Å². The van der Waals surface area contributed by atoms with Crippen LogP contribution >= 0.6 is 15.9 Å². The molecule has 0 rings (SSSR count). The fourth-order valence-electron chi connectivity index (χ4n) is 0.240. The molecule has 0 fully saturated rings. The van der Waals surface area contributed by atoms with E-state index in [2.05, 4.69) is 15.9 Å². The predicted molar refractivity (Wildman–Crippen MR) is 35.3 cm³/mol. The van der Waals surface area contributed by atoms with Crippen molar-refractivity contribution in [2.75, 3.05) is 0 Å². The van der Waals surface area contributed by atoms with Crippen LogP contribution in [0.25, 0.3) is 0 Å². The normalized spacial score (nSPS) is 11.1. The van der Waals surface area contributed by atoms with E-state index in [-0.39, 0.29) is 10.3 Å². The molecule has 0 aromatic rings. The summed E-state index contributed by atoms with van der Waals surface area (Å²) in [6.07, 6.45) is 1.00. The van der Waals surface area contributed by atoms with Crippen LogP contribution in [-0.4, -0.2) is 16.9 Å². The van der Waals surface area contributed by atoms with Gasteiger partial charge in [-0.15, -0.1) is 0 Å². The highest BCUT2D eigenvalue weighted by molar-refractivity contribution is 9.12. The number of carbonyl (C=O) groups excluding carboxylic acids is 1. The Hall–Kier alpha value is -0.640. The van der Waals surface area contributed by atoms with Gasteiger partial charge in [0.1, 0.15) is 4.48 Å². The number of aliphatic carboxylic acids is 1. The summed E-state index contributed by atoms with van der Waals surface area (Å²) in [5.74, 6) is -1.42.